The quantitative estimate of drug-likeness (QED) is 0.592. The standard InChI is InChI=1S/C12H8I2S/c13-9-1-5-11(6-2-9)15-12-7-3-10(14)4-8-12/h1-8H. The monoisotopic (exact) mass is 438 g/mol. The van der Waals surface area contributed by atoms with Crippen LogP contribution in [0.1, 0.15) is 0 Å². The van der Waals surface area contributed by atoms with Crippen LogP contribution in [0, 0.1) is 7.14 Å². The van der Waals surface area contributed by atoms with Gasteiger partial charge in [-0.05, 0) is 93.7 Å². The summed E-state index contributed by atoms with van der Waals surface area (Å²) in [4.78, 5) is 2.58. The average Bonchev–Trinajstić information content (AvgIpc) is 2.25. The molecule has 3 heteroatoms. The molecule has 0 bridgehead atoms. The van der Waals surface area contributed by atoms with Gasteiger partial charge in [0, 0.05) is 16.9 Å². The highest BCUT2D eigenvalue weighted by atomic mass is 127. The van der Waals surface area contributed by atoms with Gasteiger partial charge in [0.1, 0.15) is 0 Å². The molecule has 0 aromatic heterocycles. The molecule has 0 radical (unpaired) electrons. The zero-order valence-corrected chi connectivity index (χ0v) is 12.9. The topological polar surface area (TPSA) is 0 Å². The Bertz CT molecular complexity index is 391. The van der Waals surface area contributed by atoms with Gasteiger partial charge in [0.25, 0.3) is 0 Å². The Morgan fingerprint density at radius 3 is 1.27 bits per heavy atom. The lowest BCUT2D eigenvalue weighted by Crippen LogP contribution is -1.75. The van der Waals surface area contributed by atoms with Gasteiger partial charge in [0.05, 0.1) is 0 Å². The van der Waals surface area contributed by atoms with E-state index in [-0.39, 0.29) is 0 Å². The van der Waals surface area contributed by atoms with Crippen LogP contribution in [0.4, 0.5) is 0 Å². The predicted molar refractivity (Wildman–Crippen MR) is 82.4 cm³/mol. The predicted octanol–water partition coefficient (Wildman–Crippen LogP) is 5.05. The van der Waals surface area contributed by atoms with Gasteiger partial charge >= 0.3 is 0 Å². The SMILES string of the molecule is Ic1ccc(Sc2ccc(I)cc2)cc1. The third-order valence-corrected chi connectivity index (χ3v) is 4.32. The first-order valence-electron chi connectivity index (χ1n) is 4.43. The second kappa shape index (κ2) is 5.54. The summed E-state index contributed by atoms with van der Waals surface area (Å²) in [6.45, 7) is 0. The minimum absolute atomic E-state index is 1.28. The molecule has 0 fully saturated rings. The highest BCUT2D eigenvalue weighted by Crippen LogP contribution is 2.28. The molecule has 76 valence electrons. The van der Waals surface area contributed by atoms with Crippen LogP contribution in [0.15, 0.2) is 58.3 Å². The lowest BCUT2D eigenvalue weighted by molar-refractivity contribution is 1.39. The first-order chi connectivity index (χ1) is 7.24. The maximum atomic E-state index is 2.32. The summed E-state index contributed by atoms with van der Waals surface area (Å²) >= 11 is 6.44. The van der Waals surface area contributed by atoms with Gasteiger partial charge in [-0.3, -0.25) is 0 Å². The van der Waals surface area contributed by atoms with Gasteiger partial charge in [-0.25, -0.2) is 0 Å². The van der Waals surface area contributed by atoms with Crippen LogP contribution in [0.2, 0.25) is 0 Å². The van der Waals surface area contributed by atoms with Crippen molar-refractivity contribution in [1.82, 2.24) is 0 Å². The van der Waals surface area contributed by atoms with E-state index < -0.39 is 0 Å². The summed E-state index contributed by atoms with van der Waals surface area (Å²) in [6, 6.07) is 17.2. The van der Waals surface area contributed by atoms with Gasteiger partial charge < -0.3 is 0 Å². The molecule has 0 saturated heterocycles. The molecule has 0 aliphatic carbocycles. The Hall–Kier alpha value is 0.250. The van der Waals surface area contributed by atoms with Crippen molar-refractivity contribution in [2.75, 3.05) is 0 Å². The molecule has 0 aliphatic heterocycles. The molecule has 2 rings (SSSR count). The Morgan fingerprint density at radius 1 is 0.600 bits per heavy atom. The van der Waals surface area contributed by atoms with E-state index in [2.05, 4.69) is 93.7 Å². The fourth-order valence-corrected chi connectivity index (χ4v) is 2.68. The van der Waals surface area contributed by atoms with Crippen molar-refractivity contribution in [2.24, 2.45) is 0 Å². The largest absolute Gasteiger partial charge is 0.0901 e. The molecular formula is C12H8I2S. The Kier molecular flexibility index (Phi) is 4.33. The Balaban J connectivity index is 2.15. The summed E-state index contributed by atoms with van der Waals surface area (Å²) in [6.07, 6.45) is 0. The average molecular weight is 438 g/mol. The van der Waals surface area contributed by atoms with Crippen molar-refractivity contribution in [3.63, 3.8) is 0 Å². The molecule has 2 aromatic carbocycles. The van der Waals surface area contributed by atoms with Crippen molar-refractivity contribution in [3.05, 3.63) is 55.7 Å². The van der Waals surface area contributed by atoms with Gasteiger partial charge in [0.15, 0.2) is 0 Å². The molecule has 0 N–H and O–H groups in total. The molecule has 0 atom stereocenters. The lowest BCUT2D eigenvalue weighted by Gasteiger charge is -2.01. The van der Waals surface area contributed by atoms with E-state index in [4.69, 9.17) is 0 Å². The van der Waals surface area contributed by atoms with Crippen molar-refractivity contribution < 1.29 is 0 Å². The summed E-state index contributed by atoms with van der Waals surface area (Å²) in [7, 11) is 0. The van der Waals surface area contributed by atoms with E-state index in [1.54, 1.807) is 11.8 Å². The third-order valence-electron chi connectivity index (χ3n) is 1.86. The van der Waals surface area contributed by atoms with E-state index in [0.29, 0.717) is 0 Å². The van der Waals surface area contributed by atoms with Crippen molar-refractivity contribution in [2.45, 2.75) is 9.79 Å². The van der Waals surface area contributed by atoms with Gasteiger partial charge in [-0.2, -0.15) is 0 Å². The van der Waals surface area contributed by atoms with Crippen molar-refractivity contribution in [3.8, 4) is 0 Å². The van der Waals surface area contributed by atoms with Gasteiger partial charge in [0.2, 0.25) is 0 Å². The Morgan fingerprint density at radius 2 is 0.933 bits per heavy atom. The number of hydrogen-bond donors (Lipinski definition) is 0. The van der Waals surface area contributed by atoms with Gasteiger partial charge in [-0.1, -0.05) is 11.8 Å². The summed E-state index contributed by atoms with van der Waals surface area (Å²) in [5.74, 6) is 0. The summed E-state index contributed by atoms with van der Waals surface area (Å²) < 4.78 is 2.55. The molecule has 0 aliphatic rings. The summed E-state index contributed by atoms with van der Waals surface area (Å²) in [5, 5.41) is 0. The van der Waals surface area contributed by atoms with E-state index in [9.17, 15) is 0 Å². The second-order valence-corrected chi connectivity index (χ2v) is 6.65. The first-order valence-corrected chi connectivity index (χ1v) is 7.40. The highest BCUT2D eigenvalue weighted by Gasteiger charge is 1.96. The molecule has 0 unspecified atom stereocenters. The zero-order chi connectivity index (χ0) is 10.7. The molecule has 0 amide bonds. The number of halogens is 2. The molecule has 2 aromatic rings. The minimum Gasteiger partial charge on any atom is -0.0901 e. The fraction of sp³-hybridized carbons (Fsp3) is 0. The molecule has 15 heavy (non-hydrogen) atoms. The summed E-state index contributed by atoms with van der Waals surface area (Å²) in [5.41, 5.74) is 0. The molecule has 0 spiro atoms. The third kappa shape index (κ3) is 3.64. The highest BCUT2D eigenvalue weighted by molar-refractivity contribution is 14.1. The second-order valence-electron chi connectivity index (χ2n) is 3.01. The van der Waals surface area contributed by atoms with Crippen LogP contribution in [0.25, 0.3) is 0 Å². The molecule has 0 saturated carbocycles. The van der Waals surface area contributed by atoms with E-state index >= 15 is 0 Å². The smallest absolute Gasteiger partial charge is 0.0131 e. The van der Waals surface area contributed by atoms with Gasteiger partial charge in [-0.15, -0.1) is 0 Å². The van der Waals surface area contributed by atoms with Crippen LogP contribution in [0.5, 0.6) is 0 Å². The first kappa shape index (κ1) is 11.7. The molecular weight excluding hydrogens is 430 g/mol. The van der Waals surface area contributed by atoms with Crippen molar-refractivity contribution in [1.29, 1.82) is 0 Å². The molecule has 0 heterocycles. The Labute approximate surface area is 121 Å². The normalized spacial score (nSPS) is 10.3. The van der Waals surface area contributed by atoms with Crippen LogP contribution in [-0.4, -0.2) is 0 Å². The van der Waals surface area contributed by atoms with Crippen LogP contribution < -0.4 is 0 Å². The fourth-order valence-electron chi connectivity index (χ4n) is 1.14. The van der Waals surface area contributed by atoms with E-state index in [0.717, 1.165) is 0 Å². The van der Waals surface area contributed by atoms with Crippen LogP contribution in [0.3, 0.4) is 0 Å². The maximum Gasteiger partial charge on any atom is 0.0131 e. The van der Waals surface area contributed by atoms with Crippen LogP contribution in [-0.2, 0) is 0 Å². The van der Waals surface area contributed by atoms with E-state index in [1.165, 1.54) is 16.9 Å². The van der Waals surface area contributed by atoms with Crippen molar-refractivity contribution >= 4 is 56.9 Å². The lowest BCUT2D eigenvalue weighted by atomic mass is 10.4. The minimum atomic E-state index is 1.28. The maximum absolute atomic E-state index is 2.32. The number of rotatable bonds is 2. The number of benzene rings is 2. The number of hydrogen-bond acceptors (Lipinski definition) is 1. The zero-order valence-electron chi connectivity index (χ0n) is 7.78. The van der Waals surface area contributed by atoms with Crippen LogP contribution >= 0.6 is 56.9 Å². The van der Waals surface area contributed by atoms with E-state index in [1.807, 2.05) is 0 Å². The molecule has 0 nitrogen and oxygen atoms in total.